The van der Waals surface area contributed by atoms with Crippen molar-refractivity contribution < 1.29 is 9.84 Å². The molecule has 1 N–H and O–H groups in total. The number of aryl methyl sites for hydroxylation is 2. The van der Waals surface area contributed by atoms with Crippen LogP contribution in [0.5, 0.6) is 5.75 Å². The molecule has 0 saturated carbocycles. The van der Waals surface area contributed by atoms with Crippen LogP contribution < -0.4 is 9.64 Å². The average molecular weight is 342 g/mol. The number of piperazine rings is 1. The number of anilines is 1. The molecule has 1 aromatic carbocycles. The van der Waals surface area contributed by atoms with Gasteiger partial charge in [0.15, 0.2) is 0 Å². The van der Waals surface area contributed by atoms with E-state index in [-0.39, 0.29) is 0 Å². The summed E-state index contributed by atoms with van der Waals surface area (Å²) in [6.45, 7) is 8.51. The highest BCUT2D eigenvalue weighted by Crippen LogP contribution is 2.19. The van der Waals surface area contributed by atoms with Crippen molar-refractivity contribution in [1.82, 2.24) is 14.9 Å². The van der Waals surface area contributed by atoms with Crippen LogP contribution in [0.3, 0.4) is 0 Å². The number of aliphatic hydroxyl groups excluding tert-OH is 1. The number of hydrogen-bond donors (Lipinski definition) is 1. The molecule has 6 nitrogen and oxygen atoms in total. The van der Waals surface area contributed by atoms with Gasteiger partial charge in [0, 0.05) is 45.1 Å². The van der Waals surface area contributed by atoms with E-state index in [1.807, 2.05) is 32.0 Å². The minimum absolute atomic E-state index is 0.312. The first-order valence-corrected chi connectivity index (χ1v) is 8.74. The van der Waals surface area contributed by atoms with Gasteiger partial charge in [-0.25, -0.2) is 9.97 Å². The maximum atomic E-state index is 10.3. The molecular weight excluding hydrogens is 316 g/mol. The largest absolute Gasteiger partial charge is 0.491 e. The number of aromatic nitrogens is 2. The van der Waals surface area contributed by atoms with Gasteiger partial charge in [0.1, 0.15) is 18.5 Å². The molecule has 6 heteroatoms. The van der Waals surface area contributed by atoms with Crippen LogP contribution in [0.1, 0.15) is 11.1 Å². The second-order valence-electron chi connectivity index (χ2n) is 6.57. The summed E-state index contributed by atoms with van der Waals surface area (Å²) in [5.41, 5.74) is 2.25. The van der Waals surface area contributed by atoms with Gasteiger partial charge in [-0.15, -0.1) is 0 Å². The van der Waals surface area contributed by atoms with Gasteiger partial charge >= 0.3 is 0 Å². The molecule has 0 unspecified atom stereocenters. The van der Waals surface area contributed by atoms with Crippen molar-refractivity contribution in [3.05, 3.63) is 47.8 Å². The fraction of sp³-hybridized carbons (Fsp3) is 0.474. The molecule has 1 atom stereocenters. The van der Waals surface area contributed by atoms with Gasteiger partial charge < -0.3 is 14.7 Å². The molecule has 0 aliphatic carbocycles. The van der Waals surface area contributed by atoms with Crippen molar-refractivity contribution in [3.63, 3.8) is 0 Å². The van der Waals surface area contributed by atoms with Crippen molar-refractivity contribution in [2.75, 3.05) is 44.2 Å². The number of benzene rings is 1. The zero-order valence-corrected chi connectivity index (χ0v) is 14.9. The van der Waals surface area contributed by atoms with Gasteiger partial charge in [-0.1, -0.05) is 12.1 Å². The normalized spacial score (nSPS) is 16.7. The molecule has 0 radical (unpaired) electrons. The second-order valence-corrected chi connectivity index (χ2v) is 6.57. The smallest absolute Gasteiger partial charge is 0.225 e. The predicted molar refractivity (Wildman–Crippen MR) is 98.1 cm³/mol. The van der Waals surface area contributed by atoms with Crippen LogP contribution in [0.4, 0.5) is 5.95 Å². The van der Waals surface area contributed by atoms with E-state index in [0.717, 1.165) is 49.0 Å². The van der Waals surface area contributed by atoms with E-state index >= 15 is 0 Å². The summed E-state index contributed by atoms with van der Waals surface area (Å²) in [6, 6.07) is 7.95. The van der Waals surface area contributed by atoms with Crippen LogP contribution in [0.15, 0.2) is 36.7 Å². The van der Waals surface area contributed by atoms with Gasteiger partial charge in [0.2, 0.25) is 5.95 Å². The lowest BCUT2D eigenvalue weighted by atomic mass is 10.1. The Hall–Kier alpha value is -2.18. The van der Waals surface area contributed by atoms with Crippen molar-refractivity contribution in [1.29, 1.82) is 0 Å². The highest BCUT2D eigenvalue weighted by atomic mass is 16.5. The lowest BCUT2D eigenvalue weighted by molar-refractivity contribution is 0.0659. The Morgan fingerprint density at radius 1 is 1.12 bits per heavy atom. The number of aliphatic hydroxyl groups is 1. The molecule has 1 aliphatic heterocycles. The van der Waals surface area contributed by atoms with Crippen LogP contribution in [0.2, 0.25) is 0 Å². The third-order valence-electron chi connectivity index (χ3n) is 4.45. The molecule has 134 valence electrons. The van der Waals surface area contributed by atoms with Crippen LogP contribution in [0, 0.1) is 13.8 Å². The molecule has 2 heterocycles. The predicted octanol–water partition coefficient (Wildman–Crippen LogP) is 1.66. The minimum Gasteiger partial charge on any atom is -0.491 e. The maximum absolute atomic E-state index is 10.3. The van der Waals surface area contributed by atoms with Crippen LogP contribution in [-0.4, -0.2) is 65.4 Å². The summed E-state index contributed by atoms with van der Waals surface area (Å²) in [5, 5.41) is 10.3. The number of β-amino-alcohol motifs (C(OH)–C–C–N with tert-alkyl or cyclic N) is 1. The molecule has 0 spiro atoms. The van der Waals surface area contributed by atoms with Crippen molar-refractivity contribution in [3.8, 4) is 5.75 Å². The Kier molecular flexibility index (Phi) is 5.83. The molecular formula is C19H26N4O2. The molecule has 1 aliphatic rings. The summed E-state index contributed by atoms with van der Waals surface area (Å²) in [6.07, 6.45) is 3.03. The van der Waals surface area contributed by atoms with E-state index in [2.05, 4.69) is 25.8 Å². The highest BCUT2D eigenvalue weighted by molar-refractivity contribution is 5.36. The van der Waals surface area contributed by atoms with Crippen LogP contribution in [0.25, 0.3) is 0 Å². The first kappa shape index (κ1) is 17.6. The van der Waals surface area contributed by atoms with E-state index in [9.17, 15) is 5.11 Å². The molecule has 1 saturated heterocycles. The summed E-state index contributed by atoms with van der Waals surface area (Å²) < 4.78 is 5.80. The summed E-state index contributed by atoms with van der Waals surface area (Å²) in [7, 11) is 0. The molecule has 0 amide bonds. The summed E-state index contributed by atoms with van der Waals surface area (Å²) >= 11 is 0. The van der Waals surface area contributed by atoms with Crippen LogP contribution >= 0.6 is 0 Å². The van der Waals surface area contributed by atoms with Gasteiger partial charge in [0.25, 0.3) is 0 Å². The van der Waals surface area contributed by atoms with Crippen molar-refractivity contribution in [2.45, 2.75) is 20.0 Å². The molecule has 2 aromatic rings. The zero-order chi connectivity index (χ0) is 17.6. The minimum atomic E-state index is -0.501. The second kappa shape index (κ2) is 8.27. The SMILES string of the molecule is Cc1ccc(C)c(OC[C@@H](O)CN2CCN(c3ncccn3)CC2)c1. The Morgan fingerprint density at radius 3 is 2.56 bits per heavy atom. The fourth-order valence-corrected chi connectivity index (χ4v) is 2.98. The van der Waals surface area contributed by atoms with E-state index in [0.29, 0.717) is 13.2 Å². The standard InChI is InChI=1S/C19H26N4O2/c1-15-4-5-16(2)18(12-15)25-14-17(24)13-22-8-10-23(11-9-22)19-20-6-3-7-21-19/h3-7,12,17,24H,8-11,13-14H2,1-2H3/t17-/m0/s1. The van der Waals surface area contributed by atoms with Gasteiger partial charge in [-0.2, -0.15) is 0 Å². The van der Waals surface area contributed by atoms with E-state index < -0.39 is 6.10 Å². The molecule has 1 fully saturated rings. The molecule has 1 aromatic heterocycles. The number of hydrogen-bond acceptors (Lipinski definition) is 6. The van der Waals surface area contributed by atoms with E-state index in [1.54, 1.807) is 12.4 Å². The average Bonchev–Trinajstić information content (AvgIpc) is 2.64. The lowest BCUT2D eigenvalue weighted by Crippen LogP contribution is -2.49. The topological polar surface area (TPSA) is 61.7 Å². The third-order valence-corrected chi connectivity index (χ3v) is 4.45. The Labute approximate surface area is 149 Å². The van der Waals surface area contributed by atoms with Gasteiger partial charge in [0.05, 0.1) is 0 Å². The first-order valence-electron chi connectivity index (χ1n) is 8.74. The monoisotopic (exact) mass is 342 g/mol. The number of ether oxygens (including phenoxy) is 1. The fourth-order valence-electron chi connectivity index (χ4n) is 2.98. The number of nitrogens with zero attached hydrogens (tertiary/aromatic N) is 4. The summed E-state index contributed by atoms with van der Waals surface area (Å²) in [4.78, 5) is 13.0. The van der Waals surface area contributed by atoms with Crippen molar-refractivity contribution in [2.24, 2.45) is 0 Å². The molecule has 0 bridgehead atoms. The molecule has 25 heavy (non-hydrogen) atoms. The Balaban J connectivity index is 1.43. The zero-order valence-electron chi connectivity index (χ0n) is 14.9. The molecule has 3 rings (SSSR count). The van der Waals surface area contributed by atoms with E-state index in [4.69, 9.17) is 4.74 Å². The van der Waals surface area contributed by atoms with E-state index in [1.165, 1.54) is 0 Å². The maximum Gasteiger partial charge on any atom is 0.225 e. The Morgan fingerprint density at radius 2 is 1.84 bits per heavy atom. The first-order chi connectivity index (χ1) is 12.1. The highest BCUT2D eigenvalue weighted by Gasteiger charge is 2.21. The van der Waals surface area contributed by atoms with Gasteiger partial charge in [-0.3, -0.25) is 4.90 Å². The summed E-state index contributed by atoms with van der Waals surface area (Å²) in [5.74, 6) is 1.63. The lowest BCUT2D eigenvalue weighted by Gasteiger charge is -2.35. The third kappa shape index (κ3) is 4.90. The number of rotatable bonds is 6. The quantitative estimate of drug-likeness (QED) is 0.861. The van der Waals surface area contributed by atoms with Crippen LogP contribution in [-0.2, 0) is 0 Å². The van der Waals surface area contributed by atoms with Crippen molar-refractivity contribution >= 4 is 5.95 Å². The Bertz CT molecular complexity index is 672. The van der Waals surface area contributed by atoms with Gasteiger partial charge in [-0.05, 0) is 37.1 Å².